The smallest absolute Gasteiger partial charge is 0.444 e. The molecule has 0 radical (unpaired) electrons. The second-order valence-corrected chi connectivity index (χ2v) is 14.6. The monoisotopic (exact) mass is 535 g/mol. The molecule has 2 saturated heterocycles. The standard InChI is InChI=1S/C28H50BN3O6/c1-18(33)30-28(22(34)31-24(2,3)4)15-19-16-32(23(35)36-25(5,6)7)17-20(19)21(28)13-12-14-29-37-26(8,9)27(10,11)38-29/h19-21H,12-17H2,1-11H3,(H,30,33)(H,31,34)/t19-,20+,21+,28+/m0/s1. The van der Waals surface area contributed by atoms with E-state index in [0.717, 1.165) is 6.42 Å². The third-order valence-electron chi connectivity index (χ3n) is 8.43. The summed E-state index contributed by atoms with van der Waals surface area (Å²) in [6.45, 7) is 22.1. The van der Waals surface area contributed by atoms with Crippen molar-refractivity contribution in [3.8, 4) is 0 Å². The number of likely N-dealkylation sites (tertiary alicyclic amines) is 1. The number of fused-ring (bicyclic) bond motifs is 1. The van der Waals surface area contributed by atoms with E-state index in [1.807, 2.05) is 69.2 Å². The normalized spacial score (nSPS) is 30.2. The molecule has 0 aromatic rings. The van der Waals surface area contributed by atoms with Gasteiger partial charge in [-0.15, -0.1) is 0 Å². The van der Waals surface area contributed by atoms with E-state index in [0.29, 0.717) is 32.3 Å². The maximum absolute atomic E-state index is 13.9. The summed E-state index contributed by atoms with van der Waals surface area (Å²) in [6.07, 6.45) is 2.31. The van der Waals surface area contributed by atoms with Gasteiger partial charge in [0.1, 0.15) is 11.1 Å². The van der Waals surface area contributed by atoms with Crippen LogP contribution in [0, 0.1) is 17.8 Å². The fraction of sp³-hybridized carbons (Fsp3) is 0.893. The molecule has 0 aromatic carbocycles. The van der Waals surface area contributed by atoms with Gasteiger partial charge in [0.25, 0.3) is 0 Å². The minimum atomic E-state index is -1.04. The molecule has 4 atom stereocenters. The summed E-state index contributed by atoms with van der Waals surface area (Å²) in [5.74, 6) is -0.373. The number of nitrogens with zero attached hydrogens (tertiary/aromatic N) is 1. The molecule has 3 rings (SSSR count). The number of hydrogen-bond donors (Lipinski definition) is 2. The Morgan fingerprint density at radius 1 is 1.00 bits per heavy atom. The lowest BCUT2D eigenvalue weighted by atomic mass is 9.74. The summed E-state index contributed by atoms with van der Waals surface area (Å²) < 4.78 is 18.0. The van der Waals surface area contributed by atoms with Crippen LogP contribution in [-0.2, 0) is 23.6 Å². The summed E-state index contributed by atoms with van der Waals surface area (Å²) in [4.78, 5) is 41.0. The zero-order valence-electron chi connectivity index (χ0n) is 25.4. The molecule has 2 N–H and O–H groups in total. The van der Waals surface area contributed by atoms with Gasteiger partial charge in [0, 0.05) is 25.6 Å². The van der Waals surface area contributed by atoms with Gasteiger partial charge in [0.05, 0.1) is 11.2 Å². The highest BCUT2D eigenvalue weighted by Crippen LogP contribution is 2.51. The van der Waals surface area contributed by atoms with Gasteiger partial charge < -0.3 is 29.6 Å². The molecule has 1 aliphatic carbocycles. The van der Waals surface area contributed by atoms with Gasteiger partial charge in [0.15, 0.2) is 0 Å². The molecule has 216 valence electrons. The summed E-state index contributed by atoms with van der Waals surface area (Å²) in [5.41, 5.74) is -2.87. The zero-order valence-corrected chi connectivity index (χ0v) is 25.4. The quantitative estimate of drug-likeness (QED) is 0.495. The van der Waals surface area contributed by atoms with Crippen molar-refractivity contribution in [2.75, 3.05) is 13.1 Å². The Morgan fingerprint density at radius 3 is 2.08 bits per heavy atom. The molecule has 2 heterocycles. The van der Waals surface area contributed by atoms with Crippen molar-refractivity contribution in [1.82, 2.24) is 15.5 Å². The number of amides is 3. The van der Waals surface area contributed by atoms with E-state index in [2.05, 4.69) is 10.6 Å². The Balaban J connectivity index is 1.83. The lowest BCUT2D eigenvalue weighted by molar-refractivity contribution is -0.136. The van der Waals surface area contributed by atoms with Gasteiger partial charge in [-0.05, 0) is 106 Å². The Kier molecular flexibility index (Phi) is 8.33. The van der Waals surface area contributed by atoms with E-state index in [1.165, 1.54) is 6.92 Å². The highest BCUT2D eigenvalue weighted by atomic mass is 16.7. The van der Waals surface area contributed by atoms with Crippen molar-refractivity contribution in [3.63, 3.8) is 0 Å². The molecule has 0 bridgehead atoms. The Morgan fingerprint density at radius 2 is 1.58 bits per heavy atom. The minimum absolute atomic E-state index is 0.0679. The molecule has 0 spiro atoms. The first-order valence-corrected chi connectivity index (χ1v) is 14.1. The van der Waals surface area contributed by atoms with Gasteiger partial charge >= 0.3 is 13.2 Å². The van der Waals surface area contributed by atoms with E-state index in [-0.39, 0.29) is 42.8 Å². The number of rotatable bonds is 6. The van der Waals surface area contributed by atoms with Gasteiger partial charge in [-0.1, -0.05) is 6.42 Å². The fourth-order valence-corrected chi connectivity index (χ4v) is 6.25. The number of hydrogen-bond acceptors (Lipinski definition) is 6. The molecule has 38 heavy (non-hydrogen) atoms. The fourth-order valence-electron chi connectivity index (χ4n) is 6.25. The van der Waals surface area contributed by atoms with Crippen molar-refractivity contribution < 1.29 is 28.4 Å². The molecule has 10 heteroatoms. The molecular weight excluding hydrogens is 485 g/mol. The maximum Gasteiger partial charge on any atom is 0.457 e. The lowest BCUT2D eigenvalue weighted by Crippen LogP contribution is -2.64. The summed E-state index contributed by atoms with van der Waals surface area (Å²) in [5, 5.41) is 6.23. The van der Waals surface area contributed by atoms with Gasteiger partial charge in [-0.2, -0.15) is 0 Å². The molecule has 0 unspecified atom stereocenters. The molecule has 3 amide bonds. The SMILES string of the molecule is CC(=O)N[C@]1(C(=O)NC(C)(C)C)C[C@H]2CN(C(=O)OC(C)(C)C)C[C@H]2[C@H]1CCCB1OC(C)(C)C(C)(C)O1. The van der Waals surface area contributed by atoms with Crippen LogP contribution in [0.5, 0.6) is 0 Å². The highest BCUT2D eigenvalue weighted by Gasteiger charge is 2.61. The Hall–Kier alpha value is -1.81. The van der Waals surface area contributed by atoms with E-state index in [4.69, 9.17) is 14.0 Å². The molecule has 2 aliphatic heterocycles. The summed E-state index contributed by atoms with van der Waals surface area (Å²) in [7, 11) is -0.322. The van der Waals surface area contributed by atoms with Crippen LogP contribution < -0.4 is 10.6 Å². The maximum atomic E-state index is 13.9. The topological polar surface area (TPSA) is 106 Å². The number of carbonyl (C=O) groups is 3. The average molecular weight is 536 g/mol. The molecule has 3 fully saturated rings. The highest BCUT2D eigenvalue weighted by molar-refractivity contribution is 6.45. The second kappa shape index (κ2) is 10.3. The van der Waals surface area contributed by atoms with Crippen LogP contribution >= 0.6 is 0 Å². The molecule has 0 aromatic heterocycles. The second-order valence-electron chi connectivity index (χ2n) is 14.6. The molecule has 3 aliphatic rings. The molecular formula is C28H50BN3O6. The van der Waals surface area contributed by atoms with Crippen LogP contribution in [-0.4, -0.2) is 70.9 Å². The average Bonchev–Trinajstić information content (AvgIpc) is 3.27. The molecule has 1 saturated carbocycles. The van der Waals surface area contributed by atoms with E-state index >= 15 is 0 Å². The predicted octanol–water partition coefficient (Wildman–Crippen LogP) is 4.15. The van der Waals surface area contributed by atoms with Crippen molar-refractivity contribution in [3.05, 3.63) is 0 Å². The van der Waals surface area contributed by atoms with Crippen LogP contribution in [0.2, 0.25) is 6.32 Å². The van der Waals surface area contributed by atoms with E-state index in [9.17, 15) is 14.4 Å². The number of ether oxygens (including phenoxy) is 1. The van der Waals surface area contributed by atoms with Crippen molar-refractivity contribution in [2.24, 2.45) is 17.8 Å². The third-order valence-corrected chi connectivity index (χ3v) is 8.43. The van der Waals surface area contributed by atoms with Crippen LogP contribution in [0.25, 0.3) is 0 Å². The Labute approximate surface area is 229 Å². The van der Waals surface area contributed by atoms with Crippen molar-refractivity contribution >= 4 is 25.0 Å². The van der Waals surface area contributed by atoms with Gasteiger partial charge in [-0.3, -0.25) is 9.59 Å². The first-order chi connectivity index (χ1) is 17.2. The number of carbonyl (C=O) groups excluding carboxylic acids is 3. The van der Waals surface area contributed by atoms with Gasteiger partial charge in [0.2, 0.25) is 11.8 Å². The van der Waals surface area contributed by atoms with Crippen molar-refractivity contribution in [2.45, 2.75) is 130 Å². The van der Waals surface area contributed by atoms with Crippen molar-refractivity contribution in [1.29, 1.82) is 0 Å². The van der Waals surface area contributed by atoms with E-state index in [1.54, 1.807) is 4.90 Å². The van der Waals surface area contributed by atoms with Crippen LogP contribution in [0.3, 0.4) is 0 Å². The predicted molar refractivity (Wildman–Crippen MR) is 147 cm³/mol. The Bertz CT molecular complexity index is 909. The third kappa shape index (κ3) is 6.66. The number of nitrogens with one attached hydrogen (secondary N) is 2. The van der Waals surface area contributed by atoms with Crippen LogP contribution in [0.4, 0.5) is 4.79 Å². The summed E-state index contributed by atoms with van der Waals surface area (Å²) in [6, 6.07) is 0. The summed E-state index contributed by atoms with van der Waals surface area (Å²) >= 11 is 0. The van der Waals surface area contributed by atoms with Crippen LogP contribution in [0.1, 0.15) is 95.4 Å². The zero-order chi connectivity index (χ0) is 28.9. The van der Waals surface area contributed by atoms with Crippen LogP contribution in [0.15, 0.2) is 0 Å². The largest absolute Gasteiger partial charge is 0.457 e. The molecule has 9 nitrogen and oxygen atoms in total. The first kappa shape index (κ1) is 30.7. The van der Waals surface area contributed by atoms with E-state index < -0.39 is 27.9 Å². The van der Waals surface area contributed by atoms with Gasteiger partial charge in [-0.25, -0.2) is 4.79 Å². The lowest BCUT2D eigenvalue weighted by Gasteiger charge is -2.39. The minimum Gasteiger partial charge on any atom is -0.444 e. The first-order valence-electron chi connectivity index (χ1n) is 14.1.